The maximum atomic E-state index is 12.7. The van der Waals surface area contributed by atoms with E-state index in [1.54, 1.807) is 0 Å². The first kappa shape index (κ1) is 22.6. The number of rotatable bonds is 5. The average molecular weight is 430 g/mol. The van der Waals surface area contributed by atoms with Crippen molar-refractivity contribution in [3.05, 3.63) is 35.4 Å². The van der Waals surface area contributed by atoms with Gasteiger partial charge >= 0.3 is 0 Å². The molecule has 1 aromatic carbocycles. The van der Waals surface area contributed by atoms with Gasteiger partial charge in [0, 0.05) is 10.9 Å². The number of carbonyl (C=O) groups is 2. The lowest BCUT2D eigenvalue weighted by atomic mass is 10.1. The molecule has 0 unspecified atom stereocenters. The number of thioether (sulfide) groups is 1. The molecular weight excluding hydrogens is 396 g/mol. The Morgan fingerprint density at radius 1 is 1.17 bits per heavy atom. The Bertz CT molecular complexity index is 931. The summed E-state index contributed by atoms with van der Waals surface area (Å²) in [6, 6.07) is 8.28. The summed E-state index contributed by atoms with van der Waals surface area (Å²) in [6.45, 7) is 13.6. The highest BCUT2D eigenvalue weighted by Gasteiger charge is 2.26. The number of piperazine rings is 1. The van der Waals surface area contributed by atoms with Crippen molar-refractivity contribution in [2.24, 2.45) is 0 Å². The fraction of sp³-hybridized carbons (Fsp3) is 0.522. The van der Waals surface area contributed by atoms with Crippen molar-refractivity contribution in [2.75, 3.05) is 38.5 Å². The summed E-state index contributed by atoms with van der Waals surface area (Å²) < 4.78 is 0. The summed E-state index contributed by atoms with van der Waals surface area (Å²) in [7, 11) is 0. The largest absolute Gasteiger partial charge is 0.347 e. The van der Waals surface area contributed by atoms with Gasteiger partial charge in [0.05, 0.1) is 42.5 Å². The summed E-state index contributed by atoms with van der Waals surface area (Å²) >= 11 is 1.50. The molecule has 6 nitrogen and oxygen atoms in total. The van der Waals surface area contributed by atoms with Crippen LogP contribution in [0.1, 0.15) is 31.9 Å². The average Bonchev–Trinajstić information content (AvgIpc) is 2.66. The third-order valence-electron chi connectivity index (χ3n) is 5.32. The number of fused-ring (bicyclic) bond motifs is 1. The van der Waals surface area contributed by atoms with E-state index in [2.05, 4.69) is 43.4 Å². The second-order valence-corrected chi connectivity index (χ2v) is 10.1. The van der Waals surface area contributed by atoms with E-state index >= 15 is 0 Å². The van der Waals surface area contributed by atoms with Gasteiger partial charge < -0.3 is 15.1 Å². The summed E-state index contributed by atoms with van der Waals surface area (Å²) in [5.41, 5.74) is 3.14. The molecule has 1 aromatic heterocycles. The zero-order chi connectivity index (χ0) is 21.9. The summed E-state index contributed by atoms with van der Waals surface area (Å²) in [5.74, 6) is 0.604. The Morgan fingerprint density at radius 2 is 1.87 bits per heavy atom. The highest BCUT2D eigenvalue weighted by atomic mass is 32.2. The van der Waals surface area contributed by atoms with E-state index in [4.69, 9.17) is 4.98 Å². The molecule has 7 heteroatoms. The molecule has 0 saturated carbocycles. The van der Waals surface area contributed by atoms with Crippen molar-refractivity contribution in [3.8, 4) is 0 Å². The van der Waals surface area contributed by atoms with E-state index in [1.807, 2.05) is 25.7 Å². The molecule has 0 bridgehead atoms. The lowest BCUT2D eigenvalue weighted by Gasteiger charge is -2.32. The van der Waals surface area contributed by atoms with Gasteiger partial charge in [-0.05, 0) is 51.8 Å². The van der Waals surface area contributed by atoms with E-state index in [1.165, 1.54) is 27.6 Å². The lowest BCUT2D eigenvalue weighted by Crippen LogP contribution is -3.16. The van der Waals surface area contributed by atoms with Crippen molar-refractivity contribution < 1.29 is 14.5 Å². The number of carbonyl (C=O) groups excluding carboxylic acids is 2. The zero-order valence-electron chi connectivity index (χ0n) is 18.7. The first-order valence-corrected chi connectivity index (χ1v) is 11.5. The molecular formula is C23H33N4O2S+. The maximum absolute atomic E-state index is 12.7. The molecule has 2 N–H and O–H groups in total. The Balaban J connectivity index is 1.50. The van der Waals surface area contributed by atoms with Gasteiger partial charge in [0.2, 0.25) is 5.91 Å². The van der Waals surface area contributed by atoms with Crippen LogP contribution in [0.2, 0.25) is 0 Å². The molecule has 0 spiro atoms. The first-order chi connectivity index (χ1) is 14.1. The Hall–Kier alpha value is -2.12. The second kappa shape index (κ2) is 9.35. The van der Waals surface area contributed by atoms with Crippen LogP contribution in [0.4, 0.5) is 0 Å². The number of pyridine rings is 1. The van der Waals surface area contributed by atoms with Gasteiger partial charge in [0.1, 0.15) is 0 Å². The van der Waals surface area contributed by atoms with Crippen LogP contribution >= 0.6 is 11.8 Å². The molecule has 162 valence electrons. The molecule has 0 radical (unpaired) electrons. The number of para-hydroxylation sites is 1. The number of quaternary nitrogens is 1. The Morgan fingerprint density at radius 3 is 2.53 bits per heavy atom. The predicted molar refractivity (Wildman–Crippen MR) is 122 cm³/mol. The topological polar surface area (TPSA) is 66.7 Å². The van der Waals surface area contributed by atoms with Crippen LogP contribution in [0.15, 0.2) is 29.3 Å². The van der Waals surface area contributed by atoms with Crippen LogP contribution < -0.4 is 10.2 Å². The second-order valence-electron chi connectivity index (χ2n) is 9.14. The molecule has 1 fully saturated rings. The standard InChI is InChI=1S/C23H32N4O2S/c1-16-7-6-8-18-17(2)13-20(24-22(16)18)30-15-21(29)27-11-9-26(10-12-27)14-19(28)25-23(3,4)5/h6-8,13H,9-12,14-15H2,1-5H3,(H,25,28)/p+1. The molecule has 1 saturated heterocycles. The van der Waals surface area contributed by atoms with Crippen LogP contribution in [0.5, 0.6) is 0 Å². The monoisotopic (exact) mass is 429 g/mol. The van der Waals surface area contributed by atoms with Crippen molar-refractivity contribution >= 4 is 34.5 Å². The number of nitrogens with one attached hydrogen (secondary N) is 2. The van der Waals surface area contributed by atoms with Crippen LogP contribution in [-0.2, 0) is 9.59 Å². The van der Waals surface area contributed by atoms with Gasteiger partial charge in [0.15, 0.2) is 6.54 Å². The van der Waals surface area contributed by atoms with Crippen LogP contribution in [0.25, 0.3) is 10.9 Å². The third kappa shape index (κ3) is 5.95. The fourth-order valence-electron chi connectivity index (χ4n) is 3.77. The SMILES string of the molecule is Cc1cc(SCC(=O)N2CC[NH+](CC(=O)NC(C)(C)C)CC2)nc2c(C)cccc12. The molecule has 0 aliphatic carbocycles. The number of hydrogen-bond donors (Lipinski definition) is 2. The Labute approximate surface area is 183 Å². The smallest absolute Gasteiger partial charge is 0.275 e. The van der Waals surface area contributed by atoms with Gasteiger partial charge in [-0.15, -0.1) is 0 Å². The van der Waals surface area contributed by atoms with Crippen LogP contribution in [0.3, 0.4) is 0 Å². The van der Waals surface area contributed by atoms with Crippen molar-refractivity contribution in [1.82, 2.24) is 15.2 Å². The minimum absolute atomic E-state index is 0.0703. The van der Waals surface area contributed by atoms with Crippen molar-refractivity contribution in [3.63, 3.8) is 0 Å². The normalized spacial score (nSPS) is 15.4. The van der Waals surface area contributed by atoms with E-state index in [9.17, 15) is 9.59 Å². The zero-order valence-corrected chi connectivity index (χ0v) is 19.5. The van der Waals surface area contributed by atoms with E-state index in [0.29, 0.717) is 25.4 Å². The predicted octanol–water partition coefficient (Wildman–Crippen LogP) is 1.59. The van der Waals surface area contributed by atoms with Crippen LogP contribution in [0, 0.1) is 13.8 Å². The number of benzene rings is 1. The number of aryl methyl sites for hydroxylation is 2. The summed E-state index contributed by atoms with van der Waals surface area (Å²) in [6.07, 6.45) is 0. The molecule has 2 aromatic rings. The van der Waals surface area contributed by atoms with Crippen molar-refractivity contribution in [2.45, 2.75) is 45.2 Å². The molecule has 30 heavy (non-hydrogen) atoms. The molecule has 3 rings (SSSR count). The quantitative estimate of drug-likeness (QED) is 0.709. The number of aromatic nitrogens is 1. The molecule has 0 atom stereocenters. The molecule has 2 amide bonds. The van der Waals surface area contributed by atoms with Gasteiger partial charge in [0.25, 0.3) is 5.91 Å². The molecule has 1 aliphatic heterocycles. The molecule has 2 heterocycles. The third-order valence-corrected chi connectivity index (χ3v) is 6.21. The fourth-order valence-corrected chi connectivity index (χ4v) is 4.64. The van der Waals surface area contributed by atoms with Gasteiger partial charge in [-0.2, -0.15) is 0 Å². The van der Waals surface area contributed by atoms with Gasteiger partial charge in [-0.1, -0.05) is 30.0 Å². The highest BCUT2D eigenvalue weighted by molar-refractivity contribution is 7.99. The van der Waals surface area contributed by atoms with Gasteiger partial charge in [-0.25, -0.2) is 4.98 Å². The maximum Gasteiger partial charge on any atom is 0.275 e. The number of nitrogens with zero attached hydrogens (tertiary/aromatic N) is 2. The first-order valence-electron chi connectivity index (χ1n) is 10.5. The number of amides is 2. The molecule has 1 aliphatic rings. The van der Waals surface area contributed by atoms with E-state index in [0.717, 1.165) is 29.2 Å². The van der Waals surface area contributed by atoms with Crippen molar-refractivity contribution in [1.29, 1.82) is 0 Å². The van der Waals surface area contributed by atoms with E-state index in [-0.39, 0.29) is 17.4 Å². The minimum atomic E-state index is -0.209. The highest BCUT2D eigenvalue weighted by Crippen LogP contribution is 2.25. The number of hydrogen-bond acceptors (Lipinski definition) is 4. The van der Waals surface area contributed by atoms with Gasteiger partial charge in [-0.3, -0.25) is 9.59 Å². The van der Waals surface area contributed by atoms with E-state index < -0.39 is 0 Å². The lowest BCUT2D eigenvalue weighted by molar-refractivity contribution is -0.896. The Kier molecular flexibility index (Phi) is 7.03. The minimum Gasteiger partial charge on any atom is -0.347 e. The summed E-state index contributed by atoms with van der Waals surface area (Å²) in [5, 5.41) is 5.07. The summed E-state index contributed by atoms with van der Waals surface area (Å²) in [4.78, 5) is 32.7. The van der Waals surface area contributed by atoms with Crippen LogP contribution in [-0.4, -0.2) is 65.7 Å².